The summed E-state index contributed by atoms with van der Waals surface area (Å²) in [5, 5.41) is 3.22. The quantitative estimate of drug-likeness (QED) is 0.202. The molecule has 1 N–H and O–H groups in total. The lowest BCUT2D eigenvalue weighted by atomic mass is 10.1. The van der Waals surface area contributed by atoms with E-state index in [0.29, 0.717) is 23.5 Å². The molecule has 0 aliphatic rings. The second-order valence-corrected chi connectivity index (χ2v) is 7.78. The number of aromatic nitrogens is 1. The highest BCUT2D eigenvalue weighted by atomic mass is 35.5. The van der Waals surface area contributed by atoms with Crippen molar-refractivity contribution in [2.45, 2.75) is 12.5 Å². The smallest absolute Gasteiger partial charge is 0.270 e. The molecule has 6 nitrogen and oxygen atoms in total. The molecule has 0 aliphatic carbocycles. The number of pyridine rings is 1. The fourth-order valence-corrected chi connectivity index (χ4v) is 3.58. The molecule has 32 heavy (non-hydrogen) atoms. The maximum absolute atomic E-state index is 13.1. The average Bonchev–Trinajstić information content (AvgIpc) is 3.25. The van der Waals surface area contributed by atoms with E-state index < -0.39 is 11.9 Å². The summed E-state index contributed by atoms with van der Waals surface area (Å²) in [6.07, 6.45) is 2.65. The van der Waals surface area contributed by atoms with E-state index in [9.17, 15) is 9.59 Å². The number of likely N-dealkylation sites (N-methyl/N-ethyl adjacent to an activating group) is 1. The van der Waals surface area contributed by atoms with Gasteiger partial charge in [-0.2, -0.15) is 0 Å². The number of amides is 1. The largest absolute Gasteiger partial charge is 0.457 e. The summed E-state index contributed by atoms with van der Waals surface area (Å²) in [5.41, 5.74) is 2.88. The number of rotatable bonds is 9. The van der Waals surface area contributed by atoms with Gasteiger partial charge in [0, 0.05) is 13.1 Å². The molecule has 3 rings (SSSR count). The van der Waals surface area contributed by atoms with Crippen molar-refractivity contribution in [2.24, 2.45) is 0 Å². The van der Waals surface area contributed by atoms with Crippen molar-refractivity contribution in [3.8, 4) is 11.3 Å². The van der Waals surface area contributed by atoms with Crippen LogP contribution in [0, 0.1) is 0 Å². The van der Waals surface area contributed by atoms with Gasteiger partial charge in [-0.25, -0.2) is 4.98 Å². The molecule has 0 bridgehead atoms. The van der Waals surface area contributed by atoms with E-state index >= 15 is 0 Å². The summed E-state index contributed by atoms with van der Waals surface area (Å²) in [4.78, 5) is 30.1. The number of nitrogens with zero attached hydrogens (tertiary/aromatic N) is 2. The van der Waals surface area contributed by atoms with Gasteiger partial charge in [-0.1, -0.05) is 65.8 Å². The first-order chi connectivity index (χ1) is 15.4. The molecule has 0 spiro atoms. The first-order valence-electron chi connectivity index (χ1n) is 9.53. The van der Waals surface area contributed by atoms with Crippen molar-refractivity contribution in [1.29, 1.82) is 0 Å². The van der Waals surface area contributed by atoms with Crippen LogP contribution in [0.2, 0.25) is 10.3 Å². The molecule has 1 unspecified atom stereocenters. The van der Waals surface area contributed by atoms with Gasteiger partial charge in [-0.3, -0.25) is 4.79 Å². The number of thiocarbonyl (C=S) groups is 1. The Morgan fingerprint density at radius 1 is 1.19 bits per heavy atom. The number of carbonyl (C=O) groups is 2. The zero-order valence-electron chi connectivity index (χ0n) is 17.0. The number of halogens is 2. The fourth-order valence-electron chi connectivity index (χ4n) is 3.01. The molecule has 2 aromatic heterocycles. The molecule has 2 heterocycles. The molecule has 0 saturated carbocycles. The minimum atomic E-state index is -0.647. The van der Waals surface area contributed by atoms with Crippen LogP contribution in [0.4, 0.5) is 0 Å². The van der Waals surface area contributed by atoms with E-state index in [4.69, 9.17) is 39.8 Å². The predicted octanol–water partition coefficient (Wildman–Crippen LogP) is 4.80. The molecule has 3 aromatic rings. The van der Waals surface area contributed by atoms with Gasteiger partial charge in [0.05, 0.1) is 17.1 Å². The van der Waals surface area contributed by atoms with Gasteiger partial charge in [0.1, 0.15) is 33.8 Å². The lowest BCUT2D eigenvalue weighted by molar-refractivity contribution is -0.131. The topological polar surface area (TPSA) is 75.4 Å². The third kappa shape index (κ3) is 5.82. The van der Waals surface area contributed by atoms with Gasteiger partial charge < -0.3 is 19.4 Å². The molecule has 1 atom stereocenters. The van der Waals surface area contributed by atoms with Crippen molar-refractivity contribution in [3.63, 3.8) is 0 Å². The van der Waals surface area contributed by atoms with Crippen LogP contribution in [0.1, 0.15) is 11.3 Å². The summed E-state index contributed by atoms with van der Waals surface area (Å²) in [5.74, 6) is 0.434. The molecule has 0 fully saturated rings. The van der Waals surface area contributed by atoms with E-state index in [1.807, 2.05) is 30.3 Å². The zero-order chi connectivity index (χ0) is 23.1. The highest BCUT2D eigenvalue weighted by molar-refractivity contribution is 7.78. The summed E-state index contributed by atoms with van der Waals surface area (Å²) in [6, 6.07) is 15.5. The Morgan fingerprint density at radius 2 is 1.94 bits per heavy atom. The Hall–Kier alpha value is -3.00. The van der Waals surface area contributed by atoms with Crippen LogP contribution in [-0.2, 0) is 16.0 Å². The predicted molar refractivity (Wildman–Crippen MR) is 129 cm³/mol. The molecule has 0 aliphatic heterocycles. The maximum Gasteiger partial charge on any atom is 0.270 e. The fraction of sp³-hybridized carbons (Fsp3) is 0.130. The first-order valence-corrected chi connectivity index (χ1v) is 10.8. The summed E-state index contributed by atoms with van der Waals surface area (Å²) >= 11 is 16.9. The molecular formula is C23H19Cl2N3O3S. The lowest BCUT2D eigenvalue weighted by Gasteiger charge is -2.25. The number of carbonyl (C=O) groups excluding carboxylic acids is 2. The molecule has 9 heteroatoms. The summed E-state index contributed by atoms with van der Waals surface area (Å²) in [6.45, 7) is 0. The highest BCUT2D eigenvalue weighted by Crippen LogP contribution is 2.30. The number of furan rings is 1. The van der Waals surface area contributed by atoms with Crippen LogP contribution in [0.5, 0.6) is 0 Å². The molecule has 1 amide bonds. The van der Waals surface area contributed by atoms with Crippen LogP contribution in [-0.4, -0.2) is 40.7 Å². The van der Waals surface area contributed by atoms with Gasteiger partial charge in [-0.05, 0) is 36.2 Å². The standard InChI is InChI=1S/C23H19Cl2N3O3S/c1-28(16(13-29)11-15-5-3-2-4-6-15)23(30)19(26-14-32)12-17-7-9-20(31-17)18-8-10-21(24)27-22(18)25/h2-10,12-14,16H,11H2,1H3,(H,26,32)/b19-12+. The van der Waals surface area contributed by atoms with Gasteiger partial charge in [0.2, 0.25) is 0 Å². The monoisotopic (exact) mass is 487 g/mol. The maximum atomic E-state index is 13.1. The average molecular weight is 488 g/mol. The van der Waals surface area contributed by atoms with Crippen molar-refractivity contribution < 1.29 is 14.0 Å². The van der Waals surface area contributed by atoms with Gasteiger partial charge in [-0.15, -0.1) is 0 Å². The van der Waals surface area contributed by atoms with Crippen LogP contribution >= 0.6 is 35.4 Å². The number of hydrogen-bond acceptors (Lipinski definition) is 5. The normalized spacial score (nSPS) is 12.2. The minimum Gasteiger partial charge on any atom is -0.457 e. The van der Waals surface area contributed by atoms with Crippen molar-refractivity contribution in [3.05, 3.63) is 81.9 Å². The Bertz CT molecular complexity index is 1150. The minimum absolute atomic E-state index is 0.156. The van der Waals surface area contributed by atoms with Crippen molar-refractivity contribution in [2.75, 3.05) is 7.05 Å². The van der Waals surface area contributed by atoms with Crippen LogP contribution in [0.15, 0.2) is 64.7 Å². The van der Waals surface area contributed by atoms with E-state index in [1.165, 1.54) is 16.5 Å². The lowest BCUT2D eigenvalue weighted by Crippen LogP contribution is -2.42. The van der Waals surface area contributed by atoms with E-state index in [1.54, 1.807) is 31.3 Å². The van der Waals surface area contributed by atoms with Crippen molar-refractivity contribution in [1.82, 2.24) is 15.2 Å². The number of benzene rings is 1. The van der Waals surface area contributed by atoms with Crippen LogP contribution in [0.25, 0.3) is 17.4 Å². The molecule has 1 aromatic carbocycles. The Morgan fingerprint density at radius 3 is 2.59 bits per heavy atom. The second-order valence-electron chi connectivity index (χ2n) is 6.80. The van der Waals surface area contributed by atoms with E-state index in [-0.39, 0.29) is 16.0 Å². The SMILES string of the molecule is CN(C(=O)/C(=C\c1ccc(-c2ccc(Cl)nc2Cl)o1)NC=S)C(C=O)Cc1ccccc1. The van der Waals surface area contributed by atoms with Gasteiger partial charge in [0.25, 0.3) is 5.91 Å². The Balaban J connectivity index is 1.83. The summed E-state index contributed by atoms with van der Waals surface area (Å²) < 4.78 is 5.81. The Kier molecular flexibility index (Phi) is 8.16. The number of nitrogens with one attached hydrogen (secondary N) is 1. The summed E-state index contributed by atoms with van der Waals surface area (Å²) in [7, 11) is 1.57. The number of aldehydes is 1. The zero-order valence-corrected chi connectivity index (χ0v) is 19.3. The molecule has 164 valence electrons. The van der Waals surface area contributed by atoms with Crippen molar-refractivity contribution >= 4 is 59.2 Å². The van der Waals surface area contributed by atoms with Gasteiger partial charge in [0.15, 0.2) is 0 Å². The first kappa shape index (κ1) is 23.7. The van der Waals surface area contributed by atoms with E-state index in [0.717, 1.165) is 11.8 Å². The third-order valence-corrected chi connectivity index (χ3v) is 5.32. The van der Waals surface area contributed by atoms with Crippen LogP contribution < -0.4 is 5.32 Å². The molecule has 0 saturated heterocycles. The second kappa shape index (κ2) is 11.0. The highest BCUT2D eigenvalue weighted by Gasteiger charge is 2.23. The van der Waals surface area contributed by atoms with Gasteiger partial charge >= 0.3 is 0 Å². The number of hydrogen-bond donors (Lipinski definition) is 1. The van der Waals surface area contributed by atoms with Crippen LogP contribution in [0.3, 0.4) is 0 Å². The molecule has 0 radical (unpaired) electrons. The molecular weight excluding hydrogens is 469 g/mol. The Labute approximate surface area is 200 Å². The third-order valence-electron chi connectivity index (χ3n) is 4.70. The van der Waals surface area contributed by atoms with E-state index in [2.05, 4.69) is 10.3 Å².